The molecule has 0 radical (unpaired) electrons. The van der Waals surface area contributed by atoms with Crippen molar-refractivity contribution in [3.05, 3.63) is 29.6 Å². The molecule has 1 unspecified atom stereocenters. The van der Waals surface area contributed by atoms with Crippen LogP contribution in [-0.4, -0.2) is 33.4 Å². The van der Waals surface area contributed by atoms with Crippen LogP contribution in [0.5, 0.6) is 0 Å². The van der Waals surface area contributed by atoms with Gasteiger partial charge in [-0.1, -0.05) is 6.92 Å². The zero-order valence-corrected chi connectivity index (χ0v) is 11.8. The second-order valence-electron chi connectivity index (χ2n) is 5.28. The van der Waals surface area contributed by atoms with Gasteiger partial charge in [-0.25, -0.2) is 4.39 Å². The molecule has 0 bridgehead atoms. The third-order valence-corrected chi connectivity index (χ3v) is 3.60. The Bertz CT molecular complexity index is 411. The molecule has 1 aliphatic heterocycles. The summed E-state index contributed by atoms with van der Waals surface area (Å²) >= 11 is 0. The second-order valence-corrected chi connectivity index (χ2v) is 5.28. The number of halogens is 1. The van der Waals surface area contributed by atoms with Crippen LogP contribution in [0.2, 0.25) is 0 Å². The third kappa shape index (κ3) is 3.91. The number of anilines is 1. The van der Waals surface area contributed by atoms with Crippen molar-refractivity contribution in [2.24, 2.45) is 5.92 Å². The molecule has 1 aromatic rings. The maximum atomic E-state index is 13.4. The monoisotopic (exact) mass is 266 g/mol. The molecule has 0 aliphatic carbocycles. The molecular weight excluding hydrogens is 243 g/mol. The van der Waals surface area contributed by atoms with Crippen molar-refractivity contribution in [3.8, 4) is 0 Å². The van der Waals surface area contributed by atoms with Gasteiger partial charge in [0.2, 0.25) is 0 Å². The lowest BCUT2D eigenvalue weighted by Crippen LogP contribution is -2.24. The summed E-state index contributed by atoms with van der Waals surface area (Å²) in [5.74, 6) is 0.555. The predicted octanol–water partition coefficient (Wildman–Crippen LogP) is 2.41. The molecule has 1 atom stereocenters. The Morgan fingerprint density at radius 2 is 2.32 bits per heavy atom. The minimum Gasteiger partial charge on any atom is -0.383 e. The van der Waals surface area contributed by atoms with E-state index in [2.05, 4.69) is 17.1 Å². The molecule has 1 aromatic carbocycles. The number of nitrogens with zero attached hydrogens (tertiary/aromatic N) is 1. The second kappa shape index (κ2) is 6.87. The van der Waals surface area contributed by atoms with Gasteiger partial charge >= 0.3 is 0 Å². The minimum atomic E-state index is -0.167. The van der Waals surface area contributed by atoms with E-state index < -0.39 is 0 Å². The summed E-state index contributed by atoms with van der Waals surface area (Å²) in [7, 11) is 1.68. The zero-order chi connectivity index (χ0) is 13.7. The number of methoxy groups -OCH3 is 1. The molecule has 0 aromatic heterocycles. The van der Waals surface area contributed by atoms with E-state index in [1.807, 2.05) is 6.07 Å². The number of ether oxygens (including phenoxy) is 1. The smallest absolute Gasteiger partial charge is 0.123 e. The van der Waals surface area contributed by atoms with Crippen LogP contribution in [0, 0.1) is 11.7 Å². The van der Waals surface area contributed by atoms with Gasteiger partial charge in [-0.2, -0.15) is 0 Å². The van der Waals surface area contributed by atoms with Crippen molar-refractivity contribution in [2.75, 3.05) is 38.3 Å². The fourth-order valence-electron chi connectivity index (χ4n) is 2.56. The van der Waals surface area contributed by atoms with Gasteiger partial charge in [0.15, 0.2) is 0 Å². The number of rotatable bonds is 6. The maximum Gasteiger partial charge on any atom is 0.123 e. The molecule has 1 aliphatic rings. The normalized spacial score (nSPS) is 19.1. The molecule has 1 heterocycles. The summed E-state index contributed by atoms with van der Waals surface area (Å²) in [4.78, 5) is 2.36. The molecule has 1 fully saturated rings. The molecule has 106 valence electrons. The number of benzene rings is 1. The van der Waals surface area contributed by atoms with Crippen LogP contribution in [0.25, 0.3) is 0 Å². The van der Waals surface area contributed by atoms with Gasteiger partial charge in [-0.05, 0) is 36.1 Å². The lowest BCUT2D eigenvalue weighted by molar-refractivity contribution is 0.199. The Morgan fingerprint density at radius 3 is 3.00 bits per heavy atom. The van der Waals surface area contributed by atoms with Crippen molar-refractivity contribution in [2.45, 2.75) is 19.9 Å². The van der Waals surface area contributed by atoms with Gasteiger partial charge in [0.1, 0.15) is 5.82 Å². The van der Waals surface area contributed by atoms with Gasteiger partial charge < -0.3 is 15.0 Å². The summed E-state index contributed by atoms with van der Waals surface area (Å²) < 4.78 is 18.4. The highest BCUT2D eigenvalue weighted by Crippen LogP contribution is 2.27. The number of hydrogen-bond acceptors (Lipinski definition) is 3. The first-order valence-electron chi connectivity index (χ1n) is 6.93. The van der Waals surface area contributed by atoms with Gasteiger partial charge in [0.25, 0.3) is 0 Å². The van der Waals surface area contributed by atoms with Crippen molar-refractivity contribution >= 4 is 5.69 Å². The largest absolute Gasteiger partial charge is 0.383 e. The Labute approximate surface area is 114 Å². The van der Waals surface area contributed by atoms with E-state index in [4.69, 9.17) is 4.74 Å². The quantitative estimate of drug-likeness (QED) is 0.800. The number of nitrogens with one attached hydrogen (secondary N) is 1. The number of hydrogen-bond donors (Lipinski definition) is 1. The van der Waals surface area contributed by atoms with E-state index in [0.29, 0.717) is 13.2 Å². The first-order valence-corrected chi connectivity index (χ1v) is 6.93. The Hall–Kier alpha value is -1.13. The van der Waals surface area contributed by atoms with Crippen LogP contribution in [0.4, 0.5) is 10.1 Å². The SMILES string of the molecule is COCCNCc1cc(F)ccc1N1CCC(C)C1. The molecule has 1 saturated heterocycles. The average Bonchev–Trinajstić information content (AvgIpc) is 2.81. The molecule has 4 heteroatoms. The lowest BCUT2D eigenvalue weighted by Gasteiger charge is -2.22. The van der Waals surface area contributed by atoms with Crippen LogP contribution in [0.3, 0.4) is 0 Å². The molecule has 3 nitrogen and oxygen atoms in total. The van der Waals surface area contributed by atoms with Gasteiger partial charge in [-0.15, -0.1) is 0 Å². The summed E-state index contributed by atoms with van der Waals surface area (Å²) in [6.07, 6.45) is 1.22. The van der Waals surface area contributed by atoms with Crippen LogP contribution in [0.15, 0.2) is 18.2 Å². The standard InChI is InChI=1S/C15H23FN2O/c1-12-5-7-18(11-12)15-4-3-14(16)9-13(15)10-17-6-8-19-2/h3-4,9,12,17H,5-8,10-11H2,1-2H3. The Kier molecular flexibility index (Phi) is 5.16. The average molecular weight is 266 g/mol. The van der Waals surface area contributed by atoms with Crippen molar-refractivity contribution in [3.63, 3.8) is 0 Å². The first-order chi connectivity index (χ1) is 9.20. The van der Waals surface area contributed by atoms with Crippen molar-refractivity contribution in [1.82, 2.24) is 5.32 Å². The molecule has 19 heavy (non-hydrogen) atoms. The van der Waals surface area contributed by atoms with Crippen LogP contribution >= 0.6 is 0 Å². The van der Waals surface area contributed by atoms with Crippen LogP contribution < -0.4 is 10.2 Å². The van der Waals surface area contributed by atoms with E-state index in [-0.39, 0.29) is 5.82 Å². The van der Waals surface area contributed by atoms with Gasteiger partial charge in [0.05, 0.1) is 6.61 Å². The van der Waals surface area contributed by atoms with Gasteiger partial charge in [-0.3, -0.25) is 0 Å². The van der Waals surface area contributed by atoms with Crippen LogP contribution in [-0.2, 0) is 11.3 Å². The molecule has 0 amide bonds. The molecular formula is C15H23FN2O. The van der Waals surface area contributed by atoms with Crippen molar-refractivity contribution < 1.29 is 9.13 Å². The summed E-state index contributed by atoms with van der Waals surface area (Å²) in [6, 6.07) is 5.09. The lowest BCUT2D eigenvalue weighted by atomic mass is 10.1. The predicted molar refractivity (Wildman–Crippen MR) is 76.0 cm³/mol. The Morgan fingerprint density at radius 1 is 1.47 bits per heavy atom. The van der Waals surface area contributed by atoms with E-state index in [9.17, 15) is 4.39 Å². The fraction of sp³-hybridized carbons (Fsp3) is 0.600. The van der Waals surface area contributed by atoms with E-state index in [0.717, 1.165) is 36.8 Å². The Balaban J connectivity index is 2.04. The topological polar surface area (TPSA) is 24.5 Å². The molecule has 2 rings (SSSR count). The third-order valence-electron chi connectivity index (χ3n) is 3.60. The molecule has 1 N–H and O–H groups in total. The highest BCUT2D eigenvalue weighted by Gasteiger charge is 2.21. The fourth-order valence-corrected chi connectivity index (χ4v) is 2.56. The van der Waals surface area contributed by atoms with Gasteiger partial charge in [0, 0.05) is 39.0 Å². The highest BCUT2D eigenvalue weighted by molar-refractivity contribution is 5.54. The first kappa shape index (κ1) is 14.3. The van der Waals surface area contributed by atoms with E-state index in [1.54, 1.807) is 19.2 Å². The highest BCUT2D eigenvalue weighted by atomic mass is 19.1. The van der Waals surface area contributed by atoms with Crippen molar-refractivity contribution in [1.29, 1.82) is 0 Å². The van der Waals surface area contributed by atoms with Crippen LogP contribution in [0.1, 0.15) is 18.9 Å². The zero-order valence-electron chi connectivity index (χ0n) is 11.8. The molecule has 0 spiro atoms. The minimum absolute atomic E-state index is 0.167. The summed E-state index contributed by atoms with van der Waals surface area (Å²) in [5, 5.41) is 3.29. The maximum absolute atomic E-state index is 13.4. The molecule has 0 saturated carbocycles. The van der Waals surface area contributed by atoms with E-state index in [1.165, 1.54) is 6.42 Å². The summed E-state index contributed by atoms with van der Waals surface area (Å²) in [5.41, 5.74) is 2.20. The van der Waals surface area contributed by atoms with E-state index >= 15 is 0 Å². The summed E-state index contributed by atoms with van der Waals surface area (Å²) in [6.45, 7) is 6.53.